The van der Waals surface area contributed by atoms with Gasteiger partial charge < -0.3 is 10.1 Å². The first-order chi connectivity index (χ1) is 17.1. The molecular weight excluding hydrogens is 514 g/mol. The van der Waals surface area contributed by atoms with Crippen molar-refractivity contribution in [1.29, 1.82) is 0 Å². The Morgan fingerprint density at radius 3 is 2.42 bits per heavy atom. The topological polar surface area (TPSA) is 56.2 Å². The molecule has 2 aromatic carbocycles. The van der Waals surface area contributed by atoms with E-state index in [9.17, 15) is 18.0 Å². The Morgan fingerprint density at radius 1 is 1.14 bits per heavy atom. The summed E-state index contributed by atoms with van der Waals surface area (Å²) in [5, 5.41) is 8.43. The molecule has 1 fully saturated rings. The van der Waals surface area contributed by atoms with Gasteiger partial charge in [0, 0.05) is 22.2 Å². The van der Waals surface area contributed by atoms with Gasteiger partial charge in [-0.05, 0) is 69.2 Å². The van der Waals surface area contributed by atoms with Crippen molar-refractivity contribution in [3.63, 3.8) is 0 Å². The summed E-state index contributed by atoms with van der Waals surface area (Å²) in [6.45, 7) is 2.49. The van der Waals surface area contributed by atoms with Crippen LogP contribution < -0.4 is 10.1 Å². The van der Waals surface area contributed by atoms with Crippen LogP contribution in [0.1, 0.15) is 55.1 Å². The molecule has 1 aliphatic carbocycles. The summed E-state index contributed by atoms with van der Waals surface area (Å²) < 4.78 is 46.6. The number of ether oxygens (including phenoxy) is 1. The molecule has 4 rings (SSSR count). The van der Waals surface area contributed by atoms with Crippen molar-refractivity contribution in [2.24, 2.45) is 0 Å². The van der Waals surface area contributed by atoms with Crippen molar-refractivity contribution in [3.8, 4) is 22.7 Å². The standard InChI is InChI=1S/C26H26Cl2F3N3O2/c1-15-23(25(35)32-19-6-4-3-5-7-19)33-34(22-13-10-18(27)14-21(22)28)24(15)17-8-11-20(12-9-17)36-26(30,31)16(2)29/h8-14,16,19H,3-7H2,1-2H3,(H,32,35). The fourth-order valence-corrected chi connectivity index (χ4v) is 4.79. The number of hydrogen-bond donors (Lipinski definition) is 1. The van der Waals surface area contributed by atoms with Crippen molar-refractivity contribution in [2.75, 3.05) is 0 Å². The number of aromatic nitrogens is 2. The molecule has 5 nitrogen and oxygen atoms in total. The molecule has 0 bridgehead atoms. The number of hydrogen-bond acceptors (Lipinski definition) is 3. The molecule has 1 saturated carbocycles. The maximum Gasteiger partial charge on any atom is 0.429 e. The third kappa shape index (κ3) is 5.65. The zero-order chi connectivity index (χ0) is 26.0. The lowest BCUT2D eigenvalue weighted by molar-refractivity contribution is -0.215. The molecule has 1 N–H and O–H groups in total. The maximum atomic E-state index is 13.7. The van der Waals surface area contributed by atoms with E-state index in [1.807, 2.05) is 0 Å². The van der Waals surface area contributed by atoms with Crippen LogP contribution in [0.15, 0.2) is 42.5 Å². The van der Waals surface area contributed by atoms with Crippen molar-refractivity contribution in [3.05, 3.63) is 63.8 Å². The van der Waals surface area contributed by atoms with E-state index in [-0.39, 0.29) is 23.4 Å². The van der Waals surface area contributed by atoms with Gasteiger partial charge >= 0.3 is 6.11 Å². The second-order valence-electron chi connectivity index (χ2n) is 8.94. The van der Waals surface area contributed by atoms with Crippen molar-refractivity contribution < 1.29 is 22.7 Å². The van der Waals surface area contributed by atoms with Crippen LogP contribution in [0.2, 0.25) is 10.0 Å². The Bertz CT molecular complexity index is 1240. The number of alkyl halides is 3. The van der Waals surface area contributed by atoms with Crippen LogP contribution in [0.5, 0.6) is 5.75 Å². The van der Waals surface area contributed by atoms with Crippen LogP contribution in [0.25, 0.3) is 16.9 Å². The lowest BCUT2D eigenvalue weighted by Crippen LogP contribution is -2.36. The van der Waals surface area contributed by atoms with Gasteiger partial charge in [0.1, 0.15) is 5.75 Å². The summed E-state index contributed by atoms with van der Waals surface area (Å²) in [6, 6.07) is 10.7. The zero-order valence-corrected chi connectivity index (χ0v) is 21.3. The van der Waals surface area contributed by atoms with E-state index in [0.29, 0.717) is 32.6 Å². The minimum absolute atomic E-state index is 0.0920. The van der Waals surface area contributed by atoms with E-state index in [4.69, 9.17) is 23.2 Å². The smallest absolute Gasteiger partial charge is 0.429 e. The van der Waals surface area contributed by atoms with Crippen LogP contribution in [-0.4, -0.2) is 34.0 Å². The summed E-state index contributed by atoms with van der Waals surface area (Å²) in [6.07, 6.45) is -1.29. The summed E-state index contributed by atoms with van der Waals surface area (Å²) in [7, 11) is 0. The molecule has 10 heteroatoms. The second kappa shape index (κ2) is 10.7. The van der Waals surface area contributed by atoms with E-state index < -0.39 is 12.3 Å². The lowest BCUT2D eigenvalue weighted by Gasteiger charge is -2.22. The van der Waals surface area contributed by atoms with Gasteiger partial charge in [-0.25, -0.2) is 9.07 Å². The predicted octanol–water partition coefficient (Wildman–Crippen LogP) is 7.55. The van der Waals surface area contributed by atoms with Crippen LogP contribution >= 0.6 is 23.2 Å². The quantitative estimate of drug-likeness (QED) is 0.337. The van der Waals surface area contributed by atoms with Gasteiger partial charge in [0.05, 0.1) is 16.4 Å². The average molecular weight is 540 g/mol. The van der Waals surface area contributed by atoms with E-state index in [2.05, 4.69) is 15.2 Å². The molecule has 1 unspecified atom stereocenters. The molecule has 1 aliphatic rings. The number of amides is 1. The van der Waals surface area contributed by atoms with Crippen molar-refractivity contribution in [1.82, 2.24) is 15.1 Å². The van der Waals surface area contributed by atoms with Crippen LogP contribution in [0.3, 0.4) is 0 Å². The Balaban J connectivity index is 1.74. The molecule has 1 aromatic heterocycles. The number of nitrogens with zero attached hydrogens (tertiary/aromatic N) is 2. The van der Waals surface area contributed by atoms with E-state index in [0.717, 1.165) is 39.0 Å². The van der Waals surface area contributed by atoms with E-state index in [1.165, 1.54) is 16.8 Å². The van der Waals surface area contributed by atoms with Gasteiger partial charge in [0.2, 0.25) is 6.17 Å². The number of benzene rings is 2. The molecule has 0 saturated heterocycles. The van der Waals surface area contributed by atoms with E-state index in [1.54, 1.807) is 37.3 Å². The highest BCUT2D eigenvalue weighted by molar-refractivity contribution is 6.35. The number of halogens is 5. The summed E-state index contributed by atoms with van der Waals surface area (Å²) >= 11 is 12.5. The third-order valence-electron chi connectivity index (χ3n) is 6.26. The maximum absolute atomic E-state index is 13.7. The summed E-state index contributed by atoms with van der Waals surface area (Å²) in [5.74, 6) is -0.488. The molecule has 0 aliphatic heterocycles. The molecule has 3 aromatic rings. The summed E-state index contributed by atoms with van der Waals surface area (Å²) in [4.78, 5) is 13.2. The SMILES string of the molecule is Cc1c(C(=O)NC2CCCCC2)nn(-c2ccc(Cl)cc2Cl)c1-c1ccc(OC(F)(F)C(C)F)cc1. The molecule has 0 radical (unpaired) electrons. The first-order valence-corrected chi connectivity index (χ1v) is 12.5. The number of nitrogens with one attached hydrogen (secondary N) is 1. The normalized spacial score (nSPS) is 15.5. The lowest BCUT2D eigenvalue weighted by atomic mass is 9.95. The largest absolute Gasteiger partial charge is 0.430 e. The number of rotatable bonds is 7. The minimum atomic E-state index is -3.96. The molecule has 0 spiro atoms. The van der Waals surface area contributed by atoms with Gasteiger partial charge in [-0.2, -0.15) is 13.9 Å². The molecule has 192 valence electrons. The highest BCUT2D eigenvalue weighted by atomic mass is 35.5. The minimum Gasteiger partial charge on any atom is -0.430 e. The Hall–Kier alpha value is -2.71. The predicted molar refractivity (Wildman–Crippen MR) is 134 cm³/mol. The van der Waals surface area contributed by atoms with Crippen molar-refractivity contribution >= 4 is 29.1 Å². The number of carbonyl (C=O) groups excluding carboxylic acids is 1. The van der Waals surface area contributed by atoms with Gasteiger partial charge in [-0.1, -0.05) is 42.5 Å². The molecule has 1 atom stereocenters. The van der Waals surface area contributed by atoms with E-state index >= 15 is 0 Å². The molecular formula is C26H26Cl2F3N3O2. The first-order valence-electron chi connectivity index (χ1n) is 11.7. The van der Waals surface area contributed by atoms with Crippen LogP contribution in [-0.2, 0) is 0 Å². The second-order valence-corrected chi connectivity index (χ2v) is 9.79. The van der Waals surface area contributed by atoms with Crippen LogP contribution in [0, 0.1) is 6.92 Å². The van der Waals surface area contributed by atoms with Gasteiger partial charge in [0.25, 0.3) is 5.91 Å². The van der Waals surface area contributed by atoms with Gasteiger partial charge in [-0.3, -0.25) is 4.79 Å². The summed E-state index contributed by atoms with van der Waals surface area (Å²) in [5.41, 5.74) is 2.44. The Kier molecular flexibility index (Phi) is 7.85. The molecule has 1 heterocycles. The molecule has 36 heavy (non-hydrogen) atoms. The number of carbonyl (C=O) groups is 1. The van der Waals surface area contributed by atoms with Crippen molar-refractivity contribution in [2.45, 2.75) is 64.3 Å². The fraction of sp³-hybridized carbons (Fsp3) is 0.385. The van der Waals surface area contributed by atoms with Crippen LogP contribution in [0.4, 0.5) is 13.2 Å². The monoisotopic (exact) mass is 539 g/mol. The fourth-order valence-electron chi connectivity index (χ4n) is 4.30. The highest BCUT2D eigenvalue weighted by Crippen LogP contribution is 2.34. The Morgan fingerprint density at radius 2 is 1.81 bits per heavy atom. The van der Waals surface area contributed by atoms with Gasteiger partial charge in [0.15, 0.2) is 5.69 Å². The highest BCUT2D eigenvalue weighted by Gasteiger charge is 2.39. The zero-order valence-electron chi connectivity index (χ0n) is 19.8. The third-order valence-corrected chi connectivity index (χ3v) is 6.80. The van der Waals surface area contributed by atoms with Gasteiger partial charge in [-0.15, -0.1) is 0 Å². The average Bonchev–Trinajstić information content (AvgIpc) is 3.17. The molecule has 1 amide bonds. The first kappa shape index (κ1) is 26.4. The Labute approximate surface area is 217 Å².